The smallest absolute Gasteiger partial charge is 0.229 e. The van der Waals surface area contributed by atoms with Gasteiger partial charge in [0, 0.05) is 34.4 Å². The maximum atomic E-state index is 13.2. The van der Waals surface area contributed by atoms with Gasteiger partial charge in [0.15, 0.2) is 0 Å². The van der Waals surface area contributed by atoms with Gasteiger partial charge in [0.25, 0.3) is 0 Å². The Bertz CT molecular complexity index is 1330. The molecule has 8 heteroatoms. The number of nitrogens with one attached hydrogen (secondary N) is 1. The molecule has 1 aliphatic carbocycles. The van der Waals surface area contributed by atoms with Crippen LogP contribution in [-0.2, 0) is 9.53 Å². The quantitative estimate of drug-likeness (QED) is 0.463. The zero-order valence-corrected chi connectivity index (χ0v) is 22.7. The SMILES string of the molecule is CC[C@@H]1[C@@H](C(=O)Nc2cc3cc(C4CCN([C@@]5(C)COC[C@H]5O)CC4)c(Cl)cc3cn2)[C@H]1c1ccccn1. The number of likely N-dealkylation sites (tertiary alicyclic amines) is 1. The van der Waals surface area contributed by atoms with E-state index in [1.807, 2.05) is 30.3 Å². The van der Waals surface area contributed by atoms with Crippen molar-refractivity contribution in [1.82, 2.24) is 14.9 Å². The third-order valence-electron chi connectivity index (χ3n) is 9.11. The molecule has 2 aliphatic heterocycles. The number of carbonyl (C=O) groups is 1. The highest BCUT2D eigenvalue weighted by molar-refractivity contribution is 6.32. The summed E-state index contributed by atoms with van der Waals surface area (Å²) in [6.07, 6.45) is 6.00. The first kappa shape index (κ1) is 25.7. The predicted octanol–water partition coefficient (Wildman–Crippen LogP) is 4.99. The number of hydrogen-bond donors (Lipinski definition) is 2. The van der Waals surface area contributed by atoms with Gasteiger partial charge in [0.05, 0.1) is 30.8 Å². The summed E-state index contributed by atoms with van der Waals surface area (Å²) in [7, 11) is 0. The molecule has 1 saturated carbocycles. The first-order valence-electron chi connectivity index (χ1n) is 13.7. The van der Waals surface area contributed by atoms with Crippen molar-refractivity contribution in [2.24, 2.45) is 11.8 Å². The summed E-state index contributed by atoms with van der Waals surface area (Å²) in [4.78, 5) is 24.6. The van der Waals surface area contributed by atoms with Crippen LogP contribution in [-0.4, -0.2) is 63.8 Å². The van der Waals surface area contributed by atoms with Gasteiger partial charge in [-0.15, -0.1) is 0 Å². The van der Waals surface area contributed by atoms with Crippen LogP contribution in [0, 0.1) is 11.8 Å². The Labute approximate surface area is 228 Å². The molecule has 3 aromatic rings. The van der Waals surface area contributed by atoms with Gasteiger partial charge in [0.1, 0.15) is 5.82 Å². The summed E-state index contributed by atoms with van der Waals surface area (Å²) in [6, 6.07) is 12.0. The highest BCUT2D eigenvalue weighted by atomic mass is 35.5. The minimum Gasteiger partial charge on any atom is -0.389 e. The van der Waals surface area contributed by atoms with Gasteiger partial charge < -0.3 is 15.2 Å². The topological polar surface area (TPSA) is 87.6 Å². The van der Waals surface area contributed by atoms with Gasteiger partial charge >= 0.3 is 0 Å². The van der Waals surface area contributed by atoms with Crippen LogP contribution in [0.3, 0.4) is 0 Å². The number of rotatable bonds is 6. The number of aliphatic hydroxyl groups excluding tert-OH is 1. The Balaban J connectivity index is 1.16. The summed E-state index contributed by atoms with van der Waals surface area (Å²) in [6.45, 7) is 6.99. The number of carbonyl (C=O) groups excluding carboxylic acids is 1. The van der Waals surface area contributed by atoms with Crippen LogP contribution in [0.5, 0.6) is 0 Å². The Kier molecular flexibility index (Phi) is 6.89. The second-order valence-electron chi connectivity index (χ2n) is 11.3. The van der Waals surface area contributed by atoms with Crippen molar-refractivity contribution in [3.05, 3.63) is 65.1 Å². The monoisotopic (exact) mass is 534 g/mol. The Morgan fingerprint density at radius 2 is 2.03 bits per heavy atom. The molecule has 1 amide bonds. The lowest BCUT2D eigenvalue weighted by atomic mass is 9.85. The van der Waals surface area contributed by atoms with Gasteiger partial charge in [-0.2, -0.15) is 0 Å². The third kappa shape index (κ3) is 4.60. The van der Waals surface area contributed by atoms with Gasteiger partial charge in [0.2, 0.25) is 5.91 Å². The van der Waals surface area contributed by atoms with Crippen molar-refractivity contribution in [2.75, 3.05) is 31.6 Å². The molecule has 1 aromatic carbocycles. The fraction of sp³-hybridized carbons (Fsp3) is 0.500. The Morgan fingerprint density at radius 3 is 2.71 bits per heavy atom. The van der Waals surface area contributed by atoms with E-state index in [9.17, 15) is 9.90 Å². The van der Waals surface area contributed by atoms with Gasteiger partial charge in [-0.05, 0) is 86.0 Å². The number of anilines is 1. The van der Waals surface area contributed by atoms with Crippen molar-refractivity contribution in [3.63, 3.8) is 0 Å². The summed E-state index contributed by atoms with van der Waals surface area (Å²) >= 11 is 6.75. The molecule has 3 fully saturated rings. The largest absolute Gasteiger partial charge is 0.389 e. The van der Waals surface area contributed by atoms with E-state index in [0.717, 1.165) is 59.4 Å². The Hall–Kier alpha value is -2.58. The van der Waals surface area contributed by atoms with Crippen LogP contribution in [0.2, 0.25) is 5.02 Å². The number of hydrogen-bond acceptors (Lipinski definition) is 6. The molecule has 0 spiro atoms. The van der Waals surface area contributed by atoms with Crippen molar-refractivity contribution < 1.29 is 14.6 Å². The number of piperidine rings is 1. The van der Waals surface area contributed by atoms with E-state index in [2.05, 4.69) is 40.1 Å². The number of benzene rings is 1. The molecule has 5 atom stereocenters. The molecule has 6 rings (SSSR count). The lowest BCUT2D eigenvalue weighted by Crippen LogP contribution is -2.56. The van der Waals surface area contributed by atoms with Crippen LogP contribution in [0.15, 0.2) is 48.8 Å². The van der Waals surface area contributed by atoms with Crippen LogP contribution in [0.4, 0.5) is 5.82 Å². The van der Waals surface area contributed by atoms with Crippen LogP contribution in [0.1, 0.15) is 56.2 Å². The number of aliphatic hydroxyl groups is 1. The van der Waals surface area contributed by atoms with E-state index in [0.29, 0.717) is 30.9 Å². The first-order valence-corrected chi connectivity index (χ1v) is 14.1. The maximum absolute atomic E-state index is 13.2. The third-order valence-corrected chi connectivity index (χ3v) is 9.43. The van der Waals surface area contributed by atoms with E-state index < -0.39 is 6.10 Å². The summed E-state index contributed by atoms with van der Waals surface area (Å²) in [5, 5.41) is 16.2. The molecule has 4 heterocycles. The zero-order valence-electron chi connectivity index (χ0n) is 21.9. The fourth-order valence-electron chi connectivity index (χ4n) is 6.65. The lowest BCUT2D eigenvalue weighted by Gasteiger charge is -2.43. The van der Waals surface area contributed by atoms with Crippen molar-refractivity contribution in [2.45, 2.75) is 56.6 Å². The van der Waals surface area contributed by atoms with Gasteiger partial charge in [-0.25, -0.2) is 4.98 Å². The molecule has 0 unspecified atom stereocenters. The number of amides is 1. The van der Waals surface area contributed by atoms with Crippen molar-refractivity contribution >= 4 is 34.1 Å². The van der Waals surface area contributed by atoms with E-state index in [4.69, 9.17) is 16.3 Å². The number of pyridine rings is 2. The van der Waals surface area contributed by atoms with E-state index >= 15 is 0 Å². The number of fused-ring (bicyclic) bond motifs is 1. The van der Waals surface area contributed by atoms with E-state index in [1.165, 1.54) is 0 Å². The molecule has 38 heavy (non-hydrogen) atoms. The van der Waals surface area contributed by atoms with Crippen LogP contribution in [0.25, 0.3) is 10.8 Å². The van der Waals surface area contributed by atoms with Crippen LogP contribution < -0.4 is 5.32 Å². The second kappa shape index (κ2) is 10.2. The van der Waals surface area contributed by atoms with Crippen molar-refractivity contribution in [1.29, 1.82) is 0 Å². The number of nitrogens with zero attached hydrogens (tertiary/aromatic N) is 3. The highest BCUT2D eigenvalue weighted by Gasteiger charge is 2.55. The zero-order chi connectivity index (χ0) is 26.4. The minimum atomic E-state index is -0.452. The molecule has 0 bridgehead atoms. The molecule has 2 N–H and O–H groups in total. The maximum Gasteiger partial charge on any atom is 0.229 e. The normalized spacial score (nSPS) is 30.0. The average molecular weight is 535 g/mol. The fourth-order valence-corrected chi connectivity index (χ4v) is 6.97. The van der Waals surface area contributed by atoms with Gasteiger partial charge in [-0.3, -0.25) is 14.7 Å². The second-order valence-corrected chi connectivity index (χ2v) is 11.7. The molecular formula is C30H35ClN4O3. The summed E-state index contributed by atoms with van der Waals surface area (Å²) < 4.78 is 5.55. The standard InChI is InChI=1S/C30H35ClN4O3/c1-3-21-27(24-6-4-5-9-32-24)28(21)29(37)34-26-14-19-12-22(23(31)13-20(19)15-33-26)18-7-10-35(11-8-18)30(2)17-38-16-25(30)36/h4-6,9,12-15,18,21,25,27-28,36H,3,7-8,10-11,16-17H2,1-2H3,(H,33,34,37)/t21-,25+,27+,28+,30-/m0/s1. The van der Waals surface area contributed by atoms with Crippen LogP contribution >= 0.6 is 11.6 Å². The molecule has 2 aromatic heterocycles. The number of halogens is 1. The van der Waals surface area contributed by atoms with Gasteiger partial charge in [-0.1, -0.05) is 31.0 Å². The average Bonchev–Trinajstić information content (AvgIpc) is 3.58. The van der Waals surface area contributed by atoms with E-state index in [1.54, 1.807) is 12.4 Å². The Morgan fingerprint density at radius 1 is 1.21 bits per heavy atom. The minimum absolute atomic E-state index is 0.00693. The summed E-state index contributed by atoms with van der Waals surface area (Å²) in [5.41, 5.74) is 1.81. The highest BCUT2D eigenvalue weighted by Crippen LogP contribution is 2.55. The predicted molar refractivity (Wildman–Crippen MR) is 148 cm³/mol. The molecule has 3 aliphatic rings. The van der Waals surface area contributed by atoms with Crippen molar-refractivity contribution in [3.8, 4) is 0 Å². The van der Waals surface area contributed by atoms with E-state index in [-0.39, 0.29) is 23.3 Å². The first-order chi connectivity index (χ1) is 18.4. The molecule has 7 nitrogen and oxygen atoms in total. The molecule has 2 saturated heterocycles. The number of aromatic nitrogens is 2. The molecule has 0 radical (unpaired) electrons. The summed E-state index contributed by atoms with van der Waals surface area (Å²) in [5.74, 6) is 1.30. The molecular weight excluding hydrogens is 500 g/mol. The molecule has 200 valence electrons. The number of ether oxygens (including phenoxy) is 1. The lowest BCUT2D eigenvalue weighted by molar-refractivity contribution is -0.117.